The standard InChI is InChI=1S/C9H10O3S.C4H6O3/c1-2-5-8-6-3-4-7-9(8)13(10,11)12;1-3(5)7-4(2)6/h2-4,6-7H,1,5H2,(H,10,11,12);1-2H3. The van der Waals surface area contributed by atoms with Gasteiger partial charge in [-0.15, -0.1) is 6.58 Å². The van der Waals surface area contributed by atoms with Crippen LogP contribution in [0.1, 0.15) is 19.4 Å². The first kappa shape index (κ1) is 18.0. The highest BCUT2D eigenvalue weighted by molar-refractivity contribution is 7.85. The van der Waals surface area contributed by atoms with Gasteiger partial charge in [-0.1, -0.05) is 24.3 Å². The largest absolute Gasteiger partial charge is 0.394 e. The predicted octanol–water partition coefficient (Wildman–Crippen LogP) is 1.76. The molecule has 0 amide bonds. The topological polar surface area (TPSA) is 97.7 Å². The summed E-state index contributed by atoms with van der Waals surface area (Å²) >= 11 is 0. The van der Waals surface area contributed by atoms with E-state index < -0.39 is 22.1 Å². The molecule has 0 aliphatic rings. The van der Waals surface area contributed by atoms with E-state index in [1.165, 1.54) is 19.9 Å². The third-order valence-corrected chi connectivity index (χ3v) is 2.86. The van der Waals surface area contributed by atoms with Gasteiger partial charge >= 0.3 is 11.9 Å². The van der Waals surface area contributed by atoms with Gasteiger partial charge in [-0.25, -0.2) is 0 Å². The normalized spacial score (nSPS) is 9.95. The molecule has 1 rings (SSSR count). The Morgan fingerprint density at radius 2 is 1.75 bits per heavy atom. The molecule has 1 N–H and O–H groups in total. The molecular weight excluding hydrogens is 284 g/mol. The maximum atomic E-state index is 10.8. The van der Waals surface area contributed by atoms with Gasteiger partial charge in [0.15, 0.2) is 0 Å². The quantitative estimate of drug-likeness (QED) is 0.395. The monoisotopic (exact) mass is 300 g/mol. The molecule has 0 bridgehead atoms. The molecule has 1 aromatic rings. The van der Waals surface area contributed by atoms with E-state index in [0.29, 0.717) is 12.0 Å². The summed E-state index contributed by atoms with van der Waals surface area (Å²) in [5.74, 6) is -1.12. The van der Waals surface area contributed by atoms with E-state index in [9.17, 15) is 18.0 Å². The molecule has 0 aliphatic heterocycles. The van der Waals surface area contributed by atoms with Crippen molar-refractivity contribution in [1.29, 1.82) is 0 Å². The van der Waals surface area contributed by atoms with Crippen LogP contribution in [0.5, 0.6) is 0 Å². The van der Waals surface area contributed by atoms with Crippen molar-refractivity contribution < 1.29 is 27.3 Å². The van der Waals surface area contributed by atoms with E-state index in [2.05, 4.69) is 11.3 Å². The van der Waals surface area contributed by atoms with Crippen LogP contribution in [0.4, 0.5) is 0 Å². The fraction of sp³-hybridized carbons (Fsp3) is 0.231. The molecule has 6 nitrogen and oxygen atoms in total. The summed E-state index contributed by atoms with van der Waals surface area (Å²) in [6, 6.07) is 6.29. The Labute approximate surface area is 117 Å². The first-order valence-corrected chi connectivity index (χ1v) is 6.97. The lowest BCUT2D eigenvalue weighted by atomic mass is 10.1. The van der Waals surface area contributed by atoms with Crippen molar-refractivity contribution in [2.24, 2.45) is 0 Å². The van der Waals surface area contributed by atoms with Crippen molar-refractivity contribution in [2.45, 2.75) is 25.2 Å². The molecule has 0 saturated carbocycles. The van der Waals surface area contributed by atoms with Gasteiger partial charge in [-0.3, -0.25) is 14.1 Å². The van der Waals surface area contributed by atoms with Gasteiger partial charge in [0.1, 0.15) is 0 Å². The van der Waals surface area contributed by atoms with Crippen LogP contribution in [-0.4, -0.2) is 24.9 Å². The fourth-order valence-electron chi connectivity index (χ4n) is 1.28. The number of carbonyl (C=O) groups excluding carboxylic acids is 2. The molecule has 0 aromatic heterocycles. The summed E-state index contributed by atoms with van der Waals surface area (Å²) in [4.78, 5) is 19.6. The van der Waals surface area contributed by atoms with Crippen LogP contribution < -0.4 is 0 Å². The summed E-state index contributed by atoms with van der Waals surface area (Å²) in [6.07, 6.45) is 2.01. The first-order chi connectivity index (χ1) is 9.18. The molecule has 7 heteroatoms. The molecule has 1 aromatic carbocycles. The van der Waals surface area contributed by atoms with Gasteiger partial charge in [0.2, 0.25) is 0 Å². The van der Waals surface area contributed by atoms with Gasteiger partial charge in [-0.2, -0.15) is 8.42 Å². The van der Waals surface area contributed by atoms with E-state index in [4.69, 9.17) is 4.55 Å². The number of esters is 2. The van der Waals surface area contributed by atoms with Crippen molar-refractivity contribution in [1.82, 2.24) is 0 Å². The van der Waals surface area contributed by atoms with Gasteiger partial charge in [-0.05, 0) is 18.1 Å². The average molecular weight is 300 g/mol. The lowest BCUT2D eigenvalue weighted by Crippen LogP contribution is -2.03. The number of allylic oxidation sites excluding steroid dienone is 1. The third kappa shape index (κ3) is 7.45. The minimum atomic E-state index is -4.10. The Morgan fingerprint density at radius 3 is 2.10 bits per heavy atom. The SMILES string of the molecule is C=CCc1ccccc1S(=O)(=O)O.CC(=O)OC(C)=O. The fourth-order valence-corrected chi connectivity index (χ4v) is 2.02. The maximum Gasteiger partial charge on any atom is 0.310 e. The van der Waals surface area contributed by atoms with Gasteiger partial charge in [0.25, 0.3) is 10.1 Å². The van der Waals surface area contributed by atoms with Gasteiger partial charge < -0.3 is 4.74 Å². The van der Waals surface area contributed by atoms with Crippen LogP contribution in [0.2, 0.25) is 0 Å². The van der Waals surface area contributed by atoms with Crippen molar-refractivity contribution in [3.05, 3.63) is 42.5 Å². The van der Waals surface area contributed by atoms with Crippen molar-refractivity contribution >= 4 is 22.1 Å². The van der Waals surface area contributed by atoms with Crippen LogP contribution in [-0.2, 0) is 30.9 Å². The average Bonchev–Trinajstić information content (AvgIpc) is 2.27. The smallest absolute Gasteiger partial charge is 0.310 e. The molecule has 0 unspecified atom stereocenters. The zero-order valence-corrected chi connectivity index (χ0v) is 12.0. The second-order valence-electron chi connectivity index (χ2n) is 3.66. The van der Waals surface area contributed by atoms with Gasteiger partial charge in [0, 0.05) is 13.8 Å². The van der Waals surface area contributed by atoms with Crippen molar-refractivity contribution in [2.75, 3.05) is 0 Å². The summed E-state index contributed by atoms with van der Waals surface area (Å²) in [6.45, 7) is 5.87. The van der Waals surface area contributed by atoms with E-state index in [0.717, 1.165) is 0 Å². The summed E-state index contributed by atoms with van der Waals surface area (Å²) in [5, 5.41) is 0. The second-order valence-corrected chi connectivity index (χ2v) is 5.05. The zero-order chi connectivity index (χ0) is 15.8. The lowest BCUT2D eigenvalue weighted by Gasteiger charge is -2.02. The summed E-state index contributed by atoms with van der Waals surface area (Å²) < 4.78 is 34.5. The second kappa shape index (κ2) is 8.23. The molecule has 0 atom stereocenters. The zero-order valence-electron chi connectivity index (χ0n) is 11.2. The first-order valence-electron chi connectivity index (χ1n) is 5.53. The predicted molar refractivity (Wildman–Crippen MR) is 72.6 cm³/mol. The molecule has 0 heterocycles. The maximum absolute atomic E-state index is 10.8. The minimum absolute atomic E-state index is 0.0464. The number of benzene rings is 1. The van der Waals surface area contributed by atoms with Crippen LogP contribution in [0.3, 0.4) is 0 Å². The molecule has 110 valence electrons. The Bertz CT molecular complexity index is 577. The Hall–Kier alpha value is -1.99. The van der Waals surface area contributed by atoms with Crippen LogP contribution >= 0.6 is 0 Å². The lowest BCUT2D eigenvalue weighted by molar-refractivity contribution is -0.156. The summed E-state index contributed by atoms with van der Waals surface area (Å²) in [5.41, 5.74) is 0.556. The van der Waals surface area contributed by atoms with Crippen molar-refractivity contribution in [3.63, 3.8) is 0 Å². The molecule has 0 radical (unpaired) electrons. The summed E-state index contributed by atoms with van der Waals surface area (Å²) in [7, 11) is -4.10. The third-order valence-electron chi connectivity index (χ3n) is 1.90. The molecule has 0 aliphatic carbocycles. The number of hydrogen-bond acceptors (Lipinski definition) is 5. The van der Waals surface area contributed by atoms with E-state index in [1.807, 2.05) is 0 Å². The minimum Gasteiger partial charge on any atom is -0.394 e. The molecule has 20 heavy (non-hydrogen) atoms. The number of carbonyl (C=O) groups is 2. The van der Waals surface area contributed by atoms with E-state index in [-0.39, 0.29) is 4.90 Å². The molecule has 0 saturated heterocycles. The highest BCUT2D eigenvalue weighted by Gasteiger charge is 2.12. The Balaban J connectivity index is 0.000000441. The number of ether oxygens (including phenoxy) is 1. The number of rotatable bonds is 3. The van der Waals surface area contributed by atoms with Crippen LogP contribution in [0, 0.1) is 0 Å². The molecule has 0 fully saturated rings. The van der Waals surface area contributed by atoms with Crippen molar-refractivity contribution in [3.8, 4) is 0 Å². The Kier molecular flexibility index (Phi) is 7.42. The highest BCUT2D eigenvalue weighted by atomic mass is 32.2. The Morgan fingerprint density at radius 1 is 1.25 bits per heavy atom. The molecular formula is C13H16O6S. The highest BCUT2D eigenvalue weighted by Crippen LogP contribution is 2.15. The van der Waals surface area contributed by atoms with Crippen LogP contribution in [0.15, 0.2) is 41.8 Å². The van der Waals surface area contributed by atoms with E-state index in [1.54, 1.807) is 24.3 Å². The van der Waals surface area contributed by atoms with Gasteiger partial charge in [0.05, 0.1) is 4.90 Å². The van der Waals surface area contributed by atoms with Crippen LogP contribution in [0.25, 0.3) is 0 Å². The van der Waals surface area contributed by atoms with E-state index >= 15 is 0 Å². The molecule has 0 spiro atoms. The number of hydrogen-bond donors (Lipinski definition) is 1.